The van der Waals surface area contributed by atoms with Crippen LogP contribution in [0.4, 0.5) is 18.9 Å². The van der Waals surface area contributed by atoms with Crippen LogP contribution in [0.1, 0.15) is 15.9 Å². The fourth-order valence-corrected chi connectivity index (χ4v) is 2.02. The van der Waals surface area contributed by atoms with E-state index in [4.69, 9.17) is 9.84 Å². The molecule has 0 fully saturated rings. The molecule has 0 aliphatic carbocycles. The summed E-state index contributed by atoms with van der Waals surface area (Å²) >= 11 is 0. The van der Waals surface area contributed by atoms with E-state index in [2.05, 4.69) is 0 Å². The molecule has 1 aromatic rings. The first kappa shape index (κ1) is 15.5. The molecule has 0 spiro atoms. The van der Waals surface area contributed by atoms with Crippen LogP contribution in [0.25, 0.3) is 0 Å². The lowest BCUT2D eigenvalue weighted by Crippen LogP contribution is -2.33. The summed E-state index contributed by atoms with van der Waals surface area (Å²) in [5.41, 5.74) is -1.08. The zero-order valence-electron chi connectivity index (χ0n) is 10.8. The average Bonchev–Trinajstić information content (AvgIpc) is 2.67. The molecule has 1 amide bonds. The number of hydrogen-bond acceptors (Lipinski definition) is 4. The van der Waals surface area contributed by atoms with E-state index in [9.17, 15) is 22.8 Å². The van der Waals surface area contributed by atoms with Gasteiger partial charge in [0.05, 0.1) is 36.6 Å². The van der Waals surface area contributed by atoms with Gasteiger partial charge in [0.25, 0.3) is 11.7 Å². The van der Waals surface area contributed by atoms with E-state index in [1.54, 1.807) is 0 Å². The van der Waals surface area contributed by atoms with Crippen LogP contribution in [-0.2, 0) is 15.7 Å². The second-order valence-corrected chi connectivity index (χ2v) is 4.35. The van der Waals surface area contributed by atoms with Gasteiger partial charge in [-0.3, -0.25) is 9.59 Å². The van der Waals surface area contributed by atoms with Crippen LogP contribution in [0.15, 0.2) is 18.2 Å². The molecule has 114 valence electrons. The van der Waals surface area contributed by atoms with Gasteiger partial charge in [-0.05, 0) is 18.2 Å². The Labute approximate surface area is 117 Å². The molecule has 1 heterocycles. The minimum Gasteiger partial charge on any atom is -0.394 e. The van der Waals surface area contributed by atoms with Gasteiger partial charge >= 0.3 is 6.18 Å². The number of aliphatic hydroxyl groups is 1. The summed E-state index contributed by atoms with van der Waals surface area (Å²) in [5, 5.41) is 8.55. The second-order valence-electron chi connectivity index (χ2n) is 4.35. The maximum atomic E-state index is 12.6. The monoisotopic (exact) mass is 303 g/mol. The molecule has 2 rings (SSSR count). The molecule has 0 bridgehead atoms. The third kappa shape index (κ3) is 3.06. The summed E-state index contributed by atoms with van der Waals surface area (Å²) in [7, 11) is 0. The average molecular weight is 303 g/mol. The molecule has 8 heteroatoms. The van der Waals surface area contributed by atoms with Gasteiger partial charge in [-0.15, -0.1) is 0 Å². The number of Topliss-reactive ketones (excluding diaryl/α,β-unsaturated/α-hetero) is 1. The first-order valence-corrected chi connectivity index (χ1v) is 6.12. The van der Waals surface area contributed by atoms with Gasteiger partial charge in [-0.2, -0.15) is 13.2 Å². The summed E-state index contributed by atoms with van der Waals surface area (Å²) < 4.78 is 42.8. The van der Waals surface area contributed by atoms with Gasteiger partial charge < -0.3 is 14.7 Å². The Morgan fingerprint density at radius 2 is 1.90 bits per heavy atom. The van der Waals surface area contributed by atoms with Crippen molar-refractivity contribution in [2.75, 3.05) is 31.3 Å². The zero-order chi connectivity index (χ0) is 15.6. The van der Waals surface area contributed by atoms with Crippen molar-refractivity contribution in [3.8, 4) is 0 Å². The molecule has 1 aliphatic heterocycles. The predicted molar refractivity (Wildman–Crippen MR) is 66.0 cm³/mol. The van der Waals surface area contributed by atoms with Crippen molar-refractivity contribution in [1.82, 2.24) is 0 Å². The van der Waals surface area contributed by atoms with E-state index in [0.717, 1.165) is 17.0 Å². The SMILES string of the molecule is O=C1C(=O)N(CCOCCO)c2ccc(C(F)(F)F)cc21. The van der Waals surface area contributed by atoms with Crippen LogP contribution in [0.3, 0.4) is 0 Å². The highest BCUT2D eigenvalue weighted by Gasteiger charge is 2.39. The van der Waals surface area contributed by atoms with Gasteiger partial charge in [0, 0.05) is 6.54 Å². The molecule has 0 saturated carbocycles. The van der Waals surface area contributed by atoms with Crippen molar-refractivity contribution in [2.45, 2.75) is 6.18 Å². The fourth-order valence-electron chi connectivity index (χ4n) is 2.02. The number of halogens is 3. The molecule has 1 aliphatic rings. The third-order valence-corrected chi connectivity index (χ3v) is 2.99. The number of anilines is 1. The van der Waals surface area contributed by atoms with E-state index >= 15 is 0 Å². The largest absolute Gasteiger partial charge is 0.416 e. The second kappa shape index (κ2) is 5.82. The first-order chi connectivity index (χ1) is 9.86. The van der Waals surface area contributed by atoms with Crippen LogP contribution >= 0.6 is 0 Å². The summed E-state index contributed by atoms with van der Waals surface area (Å²) in [4.78, 5) is 24.6. The van der Waals surface area contributed by atoms with E-state index in [1.165, 1.54) is 0 Å². The lowest BCUT2D eigenvalue weighted by molar-refractivity contribution is -0.137. The molecule has 1 aromatic carbocycles. The van der Waals surface area contributed by atoms with Crippen LogP contribution < -0.4 is 4.90 Å². The number of benzene rings is 1. The summed E-state index contributed by atoms with van der Waals surface area (Å²) in [6, 6.07) is 2.61. The number of amides is 1. The van der Waals surface area contributed by atoms with Gasteiger partial charge in [-0.25, -0.2) is 0 Å². The minimum absolute atomic E-state index is 0.0307. The maximum absolute atomic E-state index is 12.6. The molecule has 0 atom stereocenters. The molecule has 0 saturated heterocycles. The van der Waals surface area contributed by atoms with E-state index in [0.29, 0.717) is 6.07 Å². The molecule has 1 N–H and O–H groups in total. The Morgan fingerprint density at radius 1 is 1.19 bits per heavy atom. The standard InChI is InChI=1S/C13H12F3NO4/c14-13(15,16)8-1-2-10-9(7-8)11(19)12(20)17(10)3-5-21-6-4-18/h1-2,7,18H,3-6H2. The summed E-state index contributed by atoms with van der Waals surface area (Å²) in [5.74, 6) is -1.84. The molecule has 0 unspecified atom stereocenters. The molecular weight excluding hydrogens is 291 g/mol. The Kier molecular flexibility index (Phi) is 4.29. The lowest BCUT2D eigenvalue weighted by Gasteiger charge is -2.16. The van der Waals surface area contributed by atoms with Crippen LogP contribution in [0.5, 0.6) is 0 Å². The number of carbonyl (C=O) groups is 2. The van der Waals surface area contributed by atoms with E-state index < -0.39 is 23.4 Å². The van der Waals surface area contributed by atoms with Crippen molar-refractivity contribution >= 4 is 17.4 Å². The van der Waals surface area contributed by atoms with Crippen LogP contribution in [0, 0.1) is 0 Å². The van der Waals surface area contributed by atoms with Crippen molar-refractivity contribution in [3.63, 3.8) is 0 Å². The van der Waals surface area contributed by atoms with Crippen LogP contribution in [0.2, 0.25) is 0 Å². The van der Waals surface area contributed by atoms with Gasteiger partial charge in [0.15, 0.2) is 0 Å². The highest BCUT2D eigenvalue weighted by molar-refractivity contribution is 6.52. The Bertz CT molecular complexity index is 571. The van der Waals surface area contributed by atoms with Gasteiger partial charge in [0.2, 0.25) is 0 Å². The first-order valence-electron chi connectivity index (χ1n) is 6.12. The summed E-state index contributed by atoms with van der Waals surface area (Å²) in [6.07, 6.45) is -4.57. The molecule has 5 nitrogen and oxygen atoms in total. The predicted octanol–water partition coefficient (Wildman–Crippen LogP) is 1.24. The van der Waals surface area contributed by atoms with Crippen molar-refractivity contribution in [1.29, 1.82) is 0 Å². The molecule has 0 radical (unpaired) electrons. The van der Waals surface area contributed by atoms with Gasteiger partial charge in [0.1, 0.15) is 0 Å². The normalized spacial score (nSPS) is 14.8. The molecular formula is C13H12F3NO4. The lowest BCUT2D eigenvalue weighted by atomic mass is 10.1. The topological polar surface area (TPSA) is 66.8 Å². The quantitative estimate of drug-likeness (QED) is 0.656. The molecule has 21 heavy (non-hydrogen) atoms. The summed E-state index contributed by atoms with van der Waals surface area (Å²) in [6.45, 7) is -0.00275. The van der Waals surface area contributed by atoms with Crippen molar-refractivity contribution in [2.24, 2.45) is 0 Å². The highest BCUT2D eigenvalue weighted by atomic mass is 19.4. The zero-order valence-corrected chi connectivity index (χ0v) is 10.8. The maximum Gasteiger partial charge on any atom is 0.416 e. The highest BCUT2D eigenvalue weighted by Crippen LogP contribution is 2.35. The Hall–Kier alpha value is -1.93. The molecule has 0 aromatic heterocycles. The van der Waals surface area contributed by atoms with Gasteiger partial charge in [-0.1, -0.05) is 0 Å². The van der Waals surface area contributed by atoms with Crippen molar-refractivity contribution in [3.05, 3.63) is 29.3 Å². The Balaban J connectivity index is 2.22. The third-order valence-electron chi connectivity index (χ3n) is 2.99. The number of hydrogen-bond donors (Lipinski definition) is 1. The number of aliphatic hydroxyl groups excluding tert-OH is 1. The number of alkyl halides is 3. The number of nitrogens with zero attached hydrogens (tertiary/aromatic N) is 1. The van der Waals surface area contributed by atoms with Crippen molar-refractivity contribution < 1.29 is 32.6 Å². The number of ether oxygens (including phenoxy) is 1. The smallest absolute Gasteiger partial charge is 0.394 e. The fraction of sp³-hybridized carbons (Fsp3) is 0.385. The van der Waals surface area contributed by atoms with E-state index in [1.807, 2.05) is 0 Å². The van der Waals surface area contributed by atoms with Crippen LogP contribution in [-0.4, -0.2) is 43.2 Å². The number of carbonyl (C=O) groups excluding carboxylic acids is 2. The number of fused-ring (bicyclic) bond motifs is 1. The van der Waals surface area contributed by atoms with E-state index in [-0.39, 0.29) is 37.6 Å². The number of rotatable bonds is 5. The minimum atomic E-state index is -4.57. The Morgan fingerprint density at radius 3 is 2.52 bits per heavy atom. The number of ketones is 1.